The summed E-state index contributed by atoms with van der Waals surface area (Å²) >= 11 is 5.46. The highest BCUT2D eigenvalue weighted by Crippen LogP contribution is 2.33. The molecule has 0 aliphatic carbocycles. The van der Waals surface area contributed by atoms with Crippen LogP contribution in [0.2, 0.25) is 0 Å². The lowest BCUT2D eigenvalue weighted by molar-refractivity contribution is 0.357. The molecule has 0 spiro atoms. The van der Waals surface area contributed by atoms with Gasteiger partial charge < -0.3 is 10.1 Å². The number of hydrogen-bond acceptors (Lipinski definition) is 3. The van der Waals surface area contributed by atoms with Crippen molar-refractivity contribution >= 4 is 27.3 Å². The van der Waals surface area contributed by atoms with Crippen molar-refractivity contribution in [2.45, 2.75) is 32.2 Å². The van der Waals surface area contributed by atoms with Crippen molar-refractivity contribution in [1.29, 1.82) is 0 Å². The van der Waals surface area contributed by atoms with E-state index >= 15 is 0 Å². The summed E-state index contributed by atoms with van der Waals surface area (Å²) in [5.41, 5.74) is 4.10. The first-order chi connectivity index (χ1) is 10.2. The van der Waals surface area contributed by atoms with Gasteiger partial charge in [0.2, 0.25) is 0 Å². The molecule has 21 heavy (non-hydrogen) atoms. The third kappa shape index (κ3) is 3.33. The summed E-state index contributed by atoms with van der Waals surface area (Å²) in [6.45, 7) is 2.98. The minimum absolute atomic E-state index is 0.421. The third-order valence-electron chi connectivity index (χ3n) is 4.04. The Morgan fingerprint density at radius 2 is 2.24 bits per heavy atom. The van der Waals surface area contributed by atoms with Crippen LogP contribution in [0.25, 0.3) is 0 Å². The third-order valence-corrected chi connectivity index (χ3v) is 6.29. The minimum atomic E-state index is 0.421. The van der Waals surface area contributed by atoms with Crippen molar-refractivity contribution in [2.75, 3.05) is 13.7 Å². The van der Waals surface area contributed by atoms with E-state index in [1.807, 2.05) is 18.4 Å². The number of halogens is 1. The molecular formula is C17H20BrNOS. The number of thiophene rings is 1. The fraction of sp³-hybridized carbons (Fsp3) is 0.412. The van der Waals surface area contributed by atoms with E-state index in [1.165, 1.54) is 25.4 Å². The lowest BCUT2D eigenvalue weighted by Crippen LogP contribution is -2.15. The molecule has 0 bridgehead atoms. The molecule has 2 nitrogen and oxygen atoms in total. The van der Waals surface area contributed by atoms with Crippen molar-refractivity contribution < 1.29 is 4.74 Å². The number of aryl methyl sites for hydroxylation is 2. The highest BCUT2D eigenvalue weighted by atomic mass is 79.9. The maximum absolute atomic E-state index is 5.57. The van der Waals surface area contributed by atoms with Crippen LogP contribution in [0.5, 0.6) is 5.75 Å². The molecule has 0 amide bonds. The molecule has 1 aromatic heterocycles. The summed E-state index contributed by atoms with van der Waals surface area (Å²) in [5.74, 6) is 1.07. The van der Waals surface area contributed by atoms with Crippen LogP contribution in [0.4, 0.5) is 0 Å². The molecule has 2 aromatic rings. The lowest BCUT2D eigenvalue weighted by atomic mass is 10.0. The van der Waals surface area contributed by atoms with Crippen molar-refractivity contribution in [1.82, 2.24) is 5.32 Å². The Labute approximate surface area is 138 Å². The van der Waals surface area contributed by atoms with Gasteiger partial charge in [-0.1, -0.05) is 12.1 Å². The van der Waals surface area contributed by atoms with E-state index in [9.17, 15) is 0 Å². The molecule has 1 N–H and O–H groups in total. The zero-order valence-corrected chi connectivity index (χ0v) is 14.8. The van der Waals surface area contributed by atoms with Crippen molar-refractivity contribution in [2.24, 2.45) is 0 Å². The molecule has 0 saturated carbocycles. The first kappa shape index (κ1) is 15.1. The Kier molecular flexibility index (Phi) is 4.67. The lowest BCUT2D eigenvalue weighted by Gasteiger charge is -2.14. The smallest absolute Gasteiger partial charge is 0.122 e. The van der Waals surface area contributed by atoms with Crippen molar-refractivity contribution in [3.05, 3.63) is 49.6 Å². The maximum atomic E-state index is 5.57. The summed E-state index contributed by atoms with van der Waals surface area (Å²) in [6, 6.07) is 9.34. The molecule has 1 aliphatic heterocycles. The van der Waals surface area contributed by atoms with Crippen LogP contribution < -0.4 is 10.1 Å². The predicted molar refractivity (Wildman–Crippen MR) is 92.5 cm³/mol. The summed E-state index contributed by atoms with van der Waals surface area (Å²) in [4.78, 5) is 1.41. The largest absolute Gasteiger partial charge is 0.493 e. The van der Waals surface area contributed by atoms with E-state index in [4.69, 9.17) is 4.74 Å². The van der Waals surface area contributed by atoms with Gasteiger partial charge in [0, 0.05) is 17.3 Å². The molecule has 1 aliphatic rings. The molecule has 0 fully saturated rings. The number of ether oxygens (including phenoxy) is 1. The van der Waals surface area contributed by atoms with Gasteiger partial charge in [-0.25, -0.2) is 0 Å². The average molecular weight is 366 g/mol. The van der Waals surface area contributed by atoms with Gasteiger partial charge in [0.1, 0.15) is 5.75 Å². The van der Waals surface area contributed by atoms with Crippen LogP contribution in [-0.2, 0) is 12.8 Å². The average Bonchev–Trinajstić information content (AvgIpc) is 3.06. The highest BCUT2D eigenvalue weighted by molar-refractivity contribution is 9.11. The van der Waals surface area contributed by atoms with Crippen LogP contribution in [0.3, 0.4) is 0 Å². The Hall–Kier alpha value is -0.840. The SMILES string of the molecule is CNC(CCc1ccc2c(c1)CCO2)c1cc(C)c(Br)s1. The molecule has 1 aromatic carbocycles. The monoisotopic (exact) mass is 365 g/mol. The molecule has 112 valence electrons. The van der Waals surface area contributed by atoms with E-state index in [0.29, 0.717) is 6.04 Å². The van der Waals surface area contributed by atoms with Gasteiger partial charge in [0.05, 0.1) is 10.4 Å². The Morgan fingerprint density at radius 1 is 1.38 bits per heavy atom. The molecular weight excluding hydrogens is 346 g/mol. The Morgan fingerprint density at radius 3 is 2.95 bits per heavy atom. The molecule has 4 heteroatoms. The van der Waals surface area contributed by atoms with Crippen LogP contribution in [0, 0.1) is 6.92 Å². The van der Waals surface area contributed by atoms with E-state index in [1.54, 1.807) is 0 Å². The number of hydrogen-bond donors (Lipinski definition) is 1. The van der Waals surface area contributed by atoms with Gasteiger partial charge in [-0.3, -0.25) is 0 Å². The minimum Gasteiger partial charge on any atom is -0.493 e. The van der Waals surface area contributed by atoms with Crippen molar-refractivity contribution in [3.8, 4) is 5.75 Å². The summed E-state index contributed by atoms with van der Waals surface area (Å²) < 4.78 is 6.81. The fourth-order valence-electron chi connectivity index (χ4n) is 2.79. The molecule has 2 heterocycles. The van der Waals surface area contributed by atoms with Crippen LogP contribution in [-0.4, -0.2) is 13.7 Å². The molecule has 0 radical (unpaired) electrons. The van der Waals surface area contributed by atoms with E-state index in [2.05, 4.69) is 52.4 Å². The summed E-state index contributed by atoms with van der Waals surface area (Å²) in [5, 5.41) is 3.45. The normalized spacial score (nSPS) is 14.8. The number of fused-ring (bicyclic) bond motifs is 1. The van der Waals surface area contributed by atoms with Gasteiger partial charge in [0.25, 0.3) is 0 Å². The van der Waals surface area contributed by atoms with E-state index < -0.39 is 0 Å². The predicted octanol–water partition coefficient (Wildman–Crippen LogP) is 4.65. The summed E-state index contributed by atoms with van der Waals surface area (Å²) in [7, 11) is 2.05. The summed E-state index contributed by atoms with van der Waals surface area (Å²) in [6.07, 6.45) is 3.26. The topological polar surface area (TPSA) is 21.3 Å². The quantitative estimate of drug-likeness (QED) is 0.832. The molecule has 1 atom stereocenters. The number of rotatable bonds is 5. The van der Waals surface area contributed by atoms with Gasteiger partial charge in [-0.05, 0) is 71.6 Å². The molecule has 1 unspecified atom stereocenters. The van der Waals surface area contributed by atoms with Gasteiger partial charge >= 0.3 is 0 Å². The number of nitrogens with one attached hydrogen (secondary N) is 1. The number of benzene rings is 1. The van der Waals surface area contributed by atoms with E-state index in [0.717, 1.165) is 31.6 Å². The zero-order chi connectivity index (χ0) is 14.8. The zero-order valence-electron chi connectivity index (χ0n) is 12.4. The standard InChI is InChI=1S/C17H20BrNOS/c1-11-9-16(21-17(11)18)14(19-2)5-3-12-4-6-15-13(10-12)7-8-20-15/h4,6,9-10,14,19H,3,5,7-8H2,1-2H3. The first-order valence-electron chi connectivity index (χ1n) is 7.35. The van der Waals surface area contributed by atoms with Crippen LogP contribution >= 0.6 is 27.3 Å². The van der Waals surface area contributed by atoms with Gasteiger partial charge in [-0.2, -0.15) is 0 Å². The van der Waals surface area contributed by atoms with Crippen LogP contribution in [0.15, 0.2) is 28.1 Å². The Bertz CT molecular complexity index is 618. The van der Waals surface area contributed by atoms with Gasteiger partial charge in [-0.15, -0.1) is 11.3 Å². The Balaban J connectivity index is 1.67. The highest BCUT2D eigenvalue weighted by Gasteiger charge is 2.15. The van der Waals surface area contributed by atoms with Gasteiger partial charge in [0.15, 0.2) is 0 Å². The van der Waals surface area contributed by atoms with Crippen LogP contribution in [0.1, 0.15) is 34.0 Å². The second-order valence-corrected chi connectivity index (χ2v) is 7.93. The maximum Gasteiger partial charge on any atom is 0.122 e. The fourth-order valence-corrected chi connectivity index (χ4v) is 4.51. The second kappa shape index (κ2) is 6.51. The molecule has 0 saturated heterocycles. The van der Waals surface area contributed by atoms with Crippen molar-refractivity contribution in [3.63, 3.8) is 0 Å². The second-order valence-electron chi connectivity index (χ2n) is 5.53. The first-order valence-corrected chi connectivity index (χ1v) is 8.96. The van der Waals surface area contributed by atoms with E-state index in [-0.39, 0.29) is 0 Å². The molecule has 3 rings (SSSR count).